The van der Waals surface area contributed by atoms with Crippen molar-refractivity contribution in [2.75, 3.05) is 11.4 Å². The van der Waals surface area contributed by atoms with E-state index in [-0.39, 0.29) is 11.9 Å². The SMILES string of the molecule is CC(C)c1ccc(N2C(=O)N3CCc4c([nH]c5ccccc45)[C@]3(C)C2=O)cc1. The first-order chi connectivity index (χ1) is 13.4. The van der Waals surface area contributed by atoms with Gasteiger partial charge in [0, 0.05) is 17.4 Å². The van der Waals surface area contributed by atoms with Gasteiger partial charge in [-0.1, -0.05) is 44.2 Å². The summed E-state index contributed by atoms with van der Waals surface area (Å²) in [7, 11) is 0. The number of fused-ring (bicyclic) bond motifs is 5. The Morgan fingerprint density at radius 2 is 1.75 bits per heavy atom. The molecule has 3 aromatic rings. The van der Waals surface area contributed by atoms with Crippen molar-refractivity contribution in [1.82, 2.24) is 9.88 Å². The van der Waals surface area contributed by atoms with Crippen molar-refractivity contribution in [2.45, 2.75) is 38.6 Å². The van der Waals surface area contributed by atoms with Crippen LogP contribution in [0.1, 0.15) is 43.5 Å². The molecular formula is C23H23N3O2. The van der Waals surface area contributed by atoms with Gasteiger partial charge in [0.1, 0.15) is 0 Å². The molecule has 1 N–H and O–H groups in total. The van der Waals surface area contributed by atoms with Gasteiger partial charge < -0.3 is 9.88 Å². The number of amides is 3. The lowest BCUT2D eigenvalue weighted by molar-refractivity contribution is -0.125. The van der Waals surface area contributed by atoms with Gasteiger partial charge in [0.2, 0.25) is 0 Å². The van der Waals surface area contributed by atoms with E-state index >= 15 is 0 Å². The van der Waals surface area contributed by atoms with Gasteiger partial charge in [0.15, 0.2) is 5.54 Å². The molecule has 2 aliphatic rings. The maximum atomic E-state index is 13.6. The highest BCUT2D eigenvalue weighted by molar-refractivity contribution is 6.23. The van der Waals surface area contributed by atoms with Crippen LogP contribution in [0.5, 0.6) is 0 Å². The van der Waals surface area contributed by atoms with Gasteiger partial charge >= 0.3 is 6.03 Å². The van der Waals surface area contributed by atoms with Crippen molar-refractivity contribution < 1.29 is 9.59 Å². The van der Waals surface area contributed by atoms with E-state index in [1.54, 1.807) is 4.90 Å². The van der Waals surface area contributed by atoms with Gasteiger partial charge in [-0.3, -0.25) is 4.79 Å². The number of H-pyrrole nitrogens is 1. The van der Waals surface area contributed by atoms with E-state index < -0.39 is 5.54 Å². The van der Waals surface area contributed by atoms with E-state index in [1.165, 1.54) is 10.5 Å². The van der Waals surface area contributed by atoms with Crippen molar-refractivity contribution >= 4 is 28.5 Å². The molecule has 5 rings (SSSR count). The number of nitrogens with one attached hydrogen (secondary N) is 1. The number of rotatable bonds is 2. The van der Waals surface area contributed by atoms with Crippen LogP contribution in [0.3, 0.4) is 0 Å². The van der Waals surface area contributed by atoms with Crippen LogP contribution in [0.4, 0.5) is 10.5 Å². The highest BCUT2D eigenvalue weighted by Crippen LogP contribution is 2.45. The number of hydrogen-bond acceptors (Lipinski definition) is 2. The molecule has 0 radical (unpaired) electrons. The molecule has 1 atom stereocenters. The van der Waals surface area contributed by atoms with Gasteiger partial charge in [0.25, 0.3) is 5.91 Å². The first-order valence-electron chi connectivity index (χ1n) is 9.79. The first-order valence-corrected chi connectivity index (χ1v) is 9.79. The van der Waals surface area contributed by atoms with Crippen molar-refractivity contribution in [1.29, 1.82) is 0 Å². The number of carbonyl (C=O) groups excluding carboxylic acids is 2. The third-order valence-corrected chi connectivity index (χ3v) is 6.29. The number of imide groups is 1. The number of anilines is 1. The molecule has 1 aromatic heterocycles. The first kappa shape index (κ1) is 17.0. The fourth-order valence-corrected chi connectivity index (χ4v) is 4.63. The Bertz CT molecular complexity index is 1110. The molecule has 5 nitrogen and oxygen atoms in total. The summed E-state index contributed by atoms with van der Waals surface area (Å²) in [6.45, 7) is 6.65. The van der Waals surface area contributed by atoms with Gasteiger partial charge in [-0.25, -0.2) is 9.69 Å². The minimum absolute atomic E-state index is 0.192. The van der Waals surface area contributed by atoms with E-state index in [4.69, 9.17) is 0 Å². The molecule has 3 heterocycles. The van der Waals surface area contributed by atoms with Crippen LogP contribution in [0, 0.1) is 0 Å². The molecule has 2 aliphatic heterocycles. The maximum absolute atomic E-state index is 13.6. The summed E-state index contributed by atoms with van der Waals surface area (Å²) >= 11 is 0. The molecule has 3 amide bonds. The second-order valence-electron chi connectivity index (χ2n) is 8.17. The Morgan fingerprint density at radius 3 is 2.46 bits per heavy atom. The number of para-hydroxylation sites is 1. The molecule has 2 aromatic carbocycles. The van der Waals surface area contributed by atoms with Crippen LogP contribution in [0.25, 0.3) is 10.9 Å². The average Bonchev–Trinajstić information content (AvgIpc) is 3.17. The van der Waals surface area contributed by atoms with Crippen LogP contribution in [0.2, 0.25) is 0 Å². The maximum Gasteiger partial charge on any atom is 0.332 e. The van der Waals surface area contributed by atoms with E-state index in [2.05, 4.69) is 24.9 Å². The largest absolute Gasteiger partial charge is 0.356 e. The van der Waals surface area contributed by atoms with Gasteiger partial charge in [-0.2, -0.15) is 0 Å². The molecule has 142 valence electrons. The van der Waals surface area contributed by atoms with Crippen LogP contribution in [0.15, 0.2) is 48.5 Å². The second kappa shape index (κ2) is 5.71. The number of hydrogen-bond donors (Lipinski definition) is 1. The molecule has 28 heavy (non-hydrogen) atoms. The number of carbonyl (C=O) groups is 2. The molecule has 0 spiro atoms. The summed E-state index contributed by atoms with van der Waals surface area (Å²) in [4.78, 5) is 33.3. The van der Waals surface area contributed by atoms with Gasteiger partial charge in [-0.15, -0.1) is 0 Å². The average molecular weight is 373 g/mol. The number of aromatic amines is 1. The van der Waals surface area contributed by atoms with Crippen molar-refractivity contribution in [2.24, 2.45) is 0 Å². The highest BCUT2D eigenvalue weighted by Gasteiger charge is 2.58. The molecule has 0 bridgehead atoms. The Hall–Kier alpha value is -3.08. The summed E-state index contributed by atoms with van der Waals surface area (Å²) in [6, 6.07) is 15.6. The number of benzene rings is 2. The lowest BCUT2D eigenvalue weighted by Crippen LogP contribution is -2.49. The smallest absolute Gasteiger partial charge is 0.332 e. The van der Waals surface area contributed by atoms with Crippen LogP contribution >= 0.6 is 0 Å². The van der Waals surface area contributed by atoms with Crippen molar-refractivity contribution in [3.63, 3.8) is 0 Å². The molecule has 1 saturated heterocycles. The number of urea groups is 1. The Labute approximate surface area is 163 Å². The second-order valence-corrected chi connectivity index (χ2v) is 8.17. The lowest BCUT2D eigenvalue weighted by atomic mass is 9.87. The van der Waals surface area contributed by atoms with E-state index in [0.717, 1.165) is 28.6 Å². The summed E-state index contributed by atoms with van der Waals surface area (Å²) in [5.74, 6) is 0.207. The number of aromatic nitrogens is 1. The normalized spacial score (nSPS) is 21.6. The summed E-state index contributed by atoms with van der Waals surface area (Å²) in [5.41, 5.74) is 3.82. The standard InChI is InChI=1S/C23H23N3O2/c1-14(2)15-8-10-16(11-9-15)26-21(27)23(3)20-18(12-13-25(23)22(26)28)17-6-4-5-7-19(17)24-20/h4-11,14,24H,12-13H2,1-3H3/t23-/m1/s1. The monoisotopic (exact) mass is 373 g/mol. The zero-order valence-corrected chi connectivity index (χ0v) is 16.3. The summed E-state index contributed by atoms with van der Waals surface area (Å²) < 4.78 is 0. The highest BCUT2D eigenvalue weighted by atomic mass is 16.2. The fraction of sp³-hybridized carbons (Fsp3) is 0.304. The Balaban J connectivity index is 1.62. The molecule has 5 heteroatoms. The van der Waals surface area contributed by atoms with Gasteiger partial charge in [-0.05, 0) is 48.6 Å². The quantitative estimate of drug-likeness (QED) is 0.671. The van der Waals surface area contributed by atoms with Crippen LogP contribution in [-0.2, 0) is 16.8 Å². The minimum atomic E-state index is -1.000. The van der Waals surface area contributed by atoms with Crippen molar-refractivity contribution in [3.8, 4) is 0 Å². The molecule has 0 aliphatic carbocycles. The van der Waals surface area contributed by atoms with E-state index in [1.807, 2.05) is 49.4 Å². The third-order valence-electron chi connectivity index (χ3n) is 6.29. The predicted molar refractivity (Wildman–Crippen MR) is 109 cm³/mol. The Morgan fingerprint density at radius 1 is 1.04 bits per heavy atom. The van der Waals surface area contributed by atoms with Crippen molar-refractivity contribution in [3.05, 3.63) is 65.4 Å². The molecule has 0 unspecified atom stereocenters. The topological polar surface area (TPSA) is 56.4 Å². The predicted octanol–water partition coefficient (Wildman–Crippen LogP) is 4.53. The lowest BCUT2D eigenvalue weighted by Gasteiger charge is -2.35. The van der Waals surface area contributed by atoms with Crippen LogP contribution < -0.4 is 4.90 Å². The van der Waals surface area contributed by atoms with E-state index in [0.29, 0.717) is 18.2 Å². The fourth-order valence-electron chi connectivity index (χ4n) is 4.63. The minimum Gasteiger partial charge on any atom is -0.356 e. The summed E-state index contributed by atoms with van der Waals surface area (Å²) in [6.07, 6.45) is 0.744. The Kier molecular flexibility index (Phi) is 3.48. The zero-order chi connectivity index (χ0) is 19.6. The molecular weight excluding hydrogens is 350 g/mol. The number of nitrogens with zero attached hydrogens (tertiary/aromatic N) is 2. The van der Waals surface area contributed by atoms with Crippen LogP contribution in [-0.4, -0.2) is 28.4 Å². The van der Waals surface area contributed by atoms with E-state index in [9.17, 15) is 9.59 Å². The third kappa shape index (κ3) is 2.07. The summed E-state index contributed by atoms with van der Waals surface area (Å²) in [5, 5.41) is 1.14. The molecule has 1 fully saturated rings. The van der Waals surface area contributed by atoms with Gasteiger partial charge in [0.05, 0.1) is 11.4 Å². The zero-order valence-electron chi connectivity index (χ0n) is 16.3. The molecule has 0 saturated carbocycles.